The van der Waals surface area contributed by atoms with Crippen molar-refractivity contribution in [3.8, 4) is 0 Å². The minimum atomic E-state index is -1.01. The summed E-state index contributed by atoms with van der Waals surface area (Å²) in [6.45, 7) is 4.14. The average Bonchev–Trinajstić information content (AvgIpc) is 3.53. The van der Waals surface area contributed by atoms with E-state index in [0.29, 0.717) is 44.6 Å². The molecule has 0 aromatic heterocycles. The molecule has 0 unspecified atom stereocenters. The van der Waals surface area contributed by atoms with Crippen molar-refractivity contribution in [2.24, 2.45) is 0 Å². The number of halogens is 1. The van der Waals surface area contributed by atoms with Crippen molar-refractivity contribution < 1.29 is 23.5 Å². The minimum Gasteiger partial charge on any atom is -0.353 e. The number of piperidine rings is 1. The molecule has 1 atom stereocenters. The number of aryl methyl sites for hydroxylation is 1. The highest BCUT2D eigenvalue weighted by Crippen LogP contribution is 2.39. The molecule has 2 aromatic rings. The molecular weight excluding hydrogens is 449 g/mol. The maximum absolute atomic E-state index is 14.0. The zero-order valence-electron chi connectivity index (χ0n) is 19.9. The van der Waals surface area contributed by atoms with Gasteiger partial charge in [-0.2, -0.15) is 0 Å². The zero-order valence-corrected chi connectivity index (χ0v) is 19.9. The molecule has 7 nitrogen and oxygen atoms in total. The van der Waals surface area contributed by atoms with Crippen molar-refractivity contribution in [1.29, 1.82) is 0 Å². The van der Waals surface area contributed by atoms with Gasteiger partial charge in [0.15, 0.2) is 0 Å². The lowest BCUT2D eigenvalue weighted by atomic mass is 9.95. The summed E-state index contributed by atoms with van der Waals surface area (Å²) in [6.07, 6.45) is 2.65. The predicted octanol–water partition coefficient (Wildman–Crippen LogP) is 3.23. The zero-order chi connectivity index (χ0) is 24.6. The van der Waals surface area contributed by atoms with Gasteiger partial charge in [0.2, 0.25) is 5.91 Å². The van der Waals surface area contributed by atoms with Crippen LogP contribution in [0.3, 0.4) is 0 Å². The van der Waals surface area contributed by atoms with Crippen LogP contribution in [-0.4, -0.2) is 77.0 Å². The van der Waals surface area contributed by atoms with E-state index in [1.165, 1.54) is 23.1 Å². The molecule has 3 heterocycles. The van der Waals surface area contributed by atoms with Crippen LogP contribution in [0.1, 0.15) is 52.0 Å². The quantitative estimate of drug-likeness (QED) is 0.678. The summed E-state index contributed by atoms with van der Waals surface area (Å²) in [5.74, 6) is -1.10. The summed E-state index contributed by atoms with van der Waals surface area (Å²) in [4.78, 5) is 45.4. The maximum Gasteiger partial charge on any atom is 0.256 e. The van der Waals surface area contributed by atoms with Crippen LogP contribution in [0.4, 0.5) is 4.39 Å². The van der Waals surface area contributed by atoms with E-state index in [1.54, 1.807) is 15.9 Å². The van der Waals surface area contributed by atoms with Gasteiger partial charge in [-0.3, -0.25) is 19.3 Å². The van der Waals surface area contributed by atoms with E-state index in [0.717, 1.165) is 18.4 Å². The van der Waals surface area contributed by atoms with E-state index in [4.69, 9.17) is 4.74 Å². The molecule has 3 fully saturated rings. The summed E-state index contributed by atoms with van der Waals surface area (Å²) < 4.78 is 20.2. The van der Waals surface area contributed by atoms with Crippen molar-refractivity contribution in [3.05, 3.63) is 71.0 Å². The molecule has 3 amide bonds. The highest BCUT2D eigenvalue weighted by Gasteiger charge is 2.55. The molecule has 0 saturated carbocycles. The fourth-order valence-corrected chi connectivity index (χ4v) is 5.51. The number of carbonyl (C=O) groups is 3. The van der Waals surface area contributed by atoms with Crippen LogP contribution >= 0.6 is 0 Å². The van der Waals surface area contributed by atoms with Gasteiger partial charge < -0.3 is 14.5 Å². The molecule has 184 valence electrons. The van der Waals surface area contributed by atoms with Gasteiger partial charge in [0.05, 0.1) is 6.61 Å². The van der Waals surface area contributed by atoms with Crippen molar-refractivity contribution in [2.75, 3.05) is 32.8 Å². The molecule has 3 aliphatic heterocycles. The third-order valence-electron chi connectivity index (χ3n) is 7.46. The monoisotopic (exact) mass is 479 g/mol. The van der Waals surface area contributed by atoms with Crippen molar-refractivity contribution >= 4 is 17.7 Å². The number of carbonyl (C=O) groups excluding carboxylic acids is 3. The van der Waals surface area contributed by atoms with Crippen molar-refractivity contribution in [3.63, 3.8) is 0 Å². The van der Waals surface area contributed by atoms with Crippen molar-refractivity contribution in [1.82, 2.24) is 14.7 Å². The van der Waals surface area contributed by atoms with Crippen LogP contribution < -0.4 is 0 Å². The molecule has 8 heteroatoms. The Morgan fingerprint density at radius 2 is 1.63 bits per heavy atom. The van der Waals surface area contributed by atoms with E-state index in [1.807, 2.05) is 31.2 Å². The fourth-order valence-electron chi connectivity index (χ4n) is 5.51. The largest absolute Gasteiger partial charge is 0.353 e. The SMILES string of the molecule is Cc1ccccc1C(=O)N1CCC2(CC1)OC[C@H](C(=O)N1CCCC1)N2C(=O)c1cccc(F)c1. The Bertz CT molecular complexity index is 1140. The summed E-state index contributed by atoms with van der Waals surface area (Å²) in [6, 6.07) is 12.3. The fraction of sp³-hybridized carbons (Fsp3) is 0.444. The second kappa shape index (κ2) is 9.41. The molecule has 0 N–H and O–H groups in total. The third-order valence-corrected chi connectivity index (χ3v) is 7.46. The molecule has 2 aromatic carbocycles. The number of hydrogen-bond donors (Lipinski definition) is 0. The van der Waals surface area contributed by atoms with Crippen LogP contribution in [0.15, 0.2) is 48.5 Å². The summed E-state index contributed by atoms with van der Waals surface area (Å²) in [7, 11) is 0. The van der Waals surface area contributed by atoms with E-state index < -0.39 is 23.5 Å². The molecule has 3 saturated heterocycles. The van der Waals surface area contributed by atoms with Crippen LogP contribution in [0.25, 0.3) is 0 Å². The second-order valence-corrected chi connectivity index (χ2v) is 9.60. The standard InChI is InChI=1S/C27H30FN3O4/c1-19-7-2-3-10-22(19)25(33)30-15-11-27(12-16-30)31(24(32)20-8-6-9-21(28)17-20)23(18-35-27)26(34)29-13-4-5-14-29/h2-3,6-10,17,23H,4-5,11-16,18H2,1H3/t23-/m1/s1. The highest BCUT2D eigenvalue weighted by atomic mass is 19.1. The van der Waals surface area contributed by atoms with Gasteiger partial charge in [-0.1, -0.05) is 24.3 Å². The molecule has 35 heavy (non-hydrogen) atoms. The number of benzene rings is 2. The van der Waals surface area contributed by atoms with E-state index >= 15 is 0 Å². The summed E-state index contributed by atoms with van der Waals surface area (Å²) in [5, 5.41) is 0. The summed E-state index contributed by atoms with van der Waals surface area (Å²) >= 11 is 0. The van der Waals surface area contributed by atoms with Crippen LogP contribution in [0, 0.1) is 12.7 Å². The number of likely N-dealkylation sites (tertiary alicyclic amines) is 2. The lowest BCUT2D eigenvalue weighted by Crippen LogP contribution is -2.60. The molecule has 5 rings (SSSR count). The smallest absolute Gasteiger partial charge is 0.256 e. The molecule has 0 bridgehead atoms. The Morgan fingerprint density at radius 3 is 2.31 bits per heavy atom. The van der Waals surface area contributed by atoms with Gasteiger partial charge in [0.1, 0.15) is 17.6 Å². The highest BCUT2D eigenvalue weighted by molar-refractivity contribution is 5.99. The first-order chi connectivity index (χ1) is 16.9. The van der Waals surface area contributed by atoms with Gasteiger partial charge in [-0.15, -0.1) is 0 Å². The molecular formula is C27H30FN3O4. The Labute approximate surface area is 204 Å². The lowest BCUT2D eigenvalue weighted by Gasteiger charge is -2.44. The Kier molecular flexibility index (Phi) is 6.32. The van der Waals surface area contributed by atoms with Crippen LogP contribution in [-0.2, 0) is 9.53 Å². The first kappa shape index (κ1) is 23.5. The van der Waals surface area contributed by atoms with Gasteiger partial charge in [0, 0.05) is 50.1 Å². The maximum atomic E-state index is 14.0. The number of ether oxygens (including phenoxy) is 1. The first-order valence-electron chi connectivity index (χ1n) is 12.3. The lowest BCUT2D eigenvalue weighted by molar-refractivity contribution is -0.136. The average molecular weight is 480 g/mol. The molecule has 0 radical (unpaired) electrons. The summed E-state index contributed by atoms with van der Waals surface area (Å²) in [5.41, 5.74) is 0.749. The van der Waals surface area contributed by atoms with Crippen LogP contribution in [0.2, 0.25) is 0 Å². The topological polar surface area (TPSA) is 70.2 Å². The molecule has 0 aliphatic carbocycles. The van der Waals surface area contributed by atoms with Crippen LogP contribution in [0.5, 0.6) is 0 Å². The normalized spacial score (nSPS) is 21.5. The number of rotatable bonds is 3. The second-order valence-electron chi connectivity index (χ2n) is 9.60. The Balaban J connectivity index is 1.41. The number of hydrogen-bond acceptors (Lipinski definition) is 4. The predicted molar refractivity (Wildman–Crippen MR) is 127 cm³/mol. The number of nitrogens with zero attached hydrogens (tertiary/aromatic N) is 3. The minimum absolute atomic E-state index is 0.0522. The van der Waals surface area contributed by atoms with Crippen molar-refractivity contribution in [2.45, 2.75) is 44.4 Å². The van der Waals surface area contributed by atoms with Gasteiger partial charge >= 0.3 is 0 Å². The Morgan fingerprint density at radius 1 is 0.914 bits per heavy atom. The van der Waals surface area contributed by atoms with Gasteiger partial charge in [-0.05, 0) is 49.6 Å². The van der Waals surface area contributed by atoms with E-state index in [9.17, 15) is 18.8 Å². The molecule has 3 aliphatic rings. The first-order valence-corrected chi connectivity index (χ1v) is 12.3. The molecule has 1 spiro atoms. The van der Waals surface area contributed by atoms with Gasteiger partial charge in [-0.25, -0.2) is 4.39 Å². The number of amides is 3. The van der Waals surface area contributed by atoms with Gasteiger partial charge in [0.25, 0.3) is 11.8 Å². The Hall–Kier alpha value is -3.26. The van der Waals surface area contributed by atoms with E-state index in [-0.39, 0.29) is 24.0 Å². The van der Waals surface area contributed by atoms with E-state index in [2.05, 4.69) is 0 Å². The third kappa shape index (κ3) is 4.31.